The van der Waals surface area contributed by atoms with Crippen LogP contribution in [-0.2, 0) is 5.41 Å². The van der Waals surface area contributed by atoms with E-state index in [9.17, 15) is 4.79 Å². The van der Waals surface area contributed by atoms with Gasteiger partial charge in [-0.2, -0.15) is 0 Å². The maximum Gasteiger partial charge on any atom is 0.248 e. The maximum atomic E-state index is 12.1. The van der Waals surface area contributed by atoms with E-state index >= 15 is 0 Å². The molecule has 0 atom stereocenters. The third-order valence-corrected chi connectivity index (χ3v) is 6.44. The molecule has 3 nitrogen and oxygen atoms in total. The van der Waals surface area contributed by atoms with Gasteiger partial charge in [0.1, 0.15) is 0 Å². The lowest BCUT2D eigenvalue weighted by Gasteiger charge is -2.44. The molecule has 1 saturated carbocycles. The summed E-state index contributed by atoms with van der Waals surface area (Å²) in [6, 6.07) is 18.1. The van der Waals surface area contributed by atoms with Gasteiger partial charge in [0.05, 0.1) is 16.6 Å². The molecule has 0 spiro atoms. The zero-order valence-corrected chi connectivity index (χ0v) is 16.5. The van der Waals surface area contributed by atoms with Gasteiger partial charge in [0, 0.05) is 17.1 Å². The molecule has 1 aliphatic carbocycles. The van der Waals surface area contributed by atoms with Crippen LogP contribution in [0.15, 0.2) is 59.4 Å². The van der Waals surface area contributed by atoms with Gasteiger partial charge in [0.15, 0.2) is 0 Å². The predicted molar refractivity (Wildman–Crippen MR) is 111 cm³/mol. The Morgan fingerprint density at radius 2 is 1.70 bits per heavy atom. The van der Waals surface area contributed by atoms with Crippen molar-refractivity contribution in [1.29, 1.82) is 0 Å². The molecule has 1 N–H and O–H groups in total. The Labute approximate surface area is 160 Å². The van der Waals surface area contributed by atoms with Crippen LogP contribution < -0.4 is 5.56 Å². The fourth-order valence-corrected chi connectivity index (χ4v) is 4.70. The van der Waals surface area contributed by atoms with E-state index in [1.165, 1.54) is 0 Å². The van der Waals surface area contributed by atoms with E-state index in [0.717, 1.165) is 48.0 Å². The molecule has 27 heavy (non-hydrogen) atoms. The summed E-state index contributed by atoms with van der Waals surface area (Å²) in [6.07, 6.45) is 4.32. The molecule has 1 fully saturated rings. The summed E-state index contributed by atoms with van der Waals surface area (Å²) >= 11 is 0. The molecular weight excluding hydrogens is 332 g/mol. The second-order valence-electron chi connectivity index (χ2n) is 9.04. The molecule has 140 valence electrons. The van der Waals surface area contributed by atoms with Gasteiger partial charge in [-0.3, -0.25) is 9.78 Å². The van der Waals surface area contributed by atoms with Crippen LogP contribution in [0, 0.1) is 11.3 Å². The van der Waals surface area contributed by atoms with Gasteiger partial charge in [-0.05, 0) is 55.2 Å². The zero-order valence-electron chi connectivity index (χ0n) is 16.5. The van der Waals surface area contributed by atoms with E-state index in [4.69, 9.17) is 4.98 Å². The van der Waals surface area contributed by atoms with Crippen molar-refractivity contribution in [3.05, 3.63) is 76.3 Å². The maximum absolute atomic E-state index is 12.1. The van der Waals surface area contributed by atoms with Crippen LogP contribution in [-0.4, -0.2) is 9.97 Å². The Hall–Kier alpha value is -2.42. The molecule has 0 aliphatic heterocycles. The van der Waals surface area contributed by atoms with Crippen molar-refractivity contribution >= 4 is 10.9 Å². The summed E-state index contributed by atoms with van der Waals surface area (Å²) in [5, 5.41) is 1.15. The number of H-pyrrole nitrogens is 1. The Morgan fingerprint density at radius 1 is 0.963 bits per heavy atom. The SMILES string of the molecule is CC(C)(C)C1CCC(c2ccc3ccccc3n2)(c2cccc(=O)[nH]2)CC1. The number of rotatable bonds is 2. The molecule has 3 heteroatoms. The van der Waals surface area contributed by atoms with Gasteiger partial charge in [-0.1, -0.05) is 51.1 Å². The number of pyridine rings is 2. The molecule has 0 bridgehead atoms. The zero-order chi connectivity index (χ0) is 19.1. The predicted octanol–water partition coefficient (Wildman–Crippen LogP) is 5.45. The van der Waals surface area contributed by atoms with Gasteiger partial charge < -0.3 is 4.98 Å². The Kier molecular flexibility index (Phi) is 4.41. The summed E-state index contributed by atoms with van der Waals surface area (Å²) in [5.41, 5.74) is 3.16. The van der Waals surface area contributed by atoms with Gasteiger partial charge in [-0.25, -0.2) is 0 Å². The molecule has 0 amide bonds. The largest absolute Gasteiger partial charge is 0.325 e. The van der Waals surface area contributed by atoms with Crippen LogP contribution in [0.4, 0.5) is 0 Å². The first-order valence-electron chi connectivity index (χ1n) is 9.95. The number of fused-ring (bicyclic) bond motifs is 1. The van der Waals surface area contributed by atoms with Gasteiger partial charge in [-0.15, -0.1) is 0 Å². The second kappa shape index (κ2) is 6.63. The standard InChI is InChI=1S/C24H28N2O/c1-23(2,3)18-13-15-24(16-14-18,20-9-6-10-22(27)26-20)21-12-11-17-7-4-5-8-19(17)25-21/h4-12,18H,13-16H2,1-3H3,(H,26,27). The topological polar surface area (TPSA) is 45.8 Å². The summed E-state index contributed by atoms with van der Waals surface area (Å²) in [4.78, 5) is 20.2. The van der Waals surface area contributed by atoms with Crippen molar-refractivity contribution < 1.29 is 0 Å². The Balaban J connectivity index is 1.82. The van der Waals surface area contributed by atoms with E-state index in [1.54, 1.807) is 6.07 Å². The minimum Gasteiger partial charge on any atom is -0.325 e. The van der Waals surface area contributed by atoms with Gasteiger partial charge >= 0.3 is 0 Å². The molecule has 0 saturated heterocycles. The second-order valence-corrected chi connectivity index (χ2v) is 9.04. The molecule has 1 aliphatic rings. The highest BCUT2D eigenvalue weighted by atomic mass is 16.1. The number of nitrogens with one attached hydrogen (secondary N) is 1. The highest BCUT2D eigenvalue weighted by Gasteiger charge is 2.42. The highest BCUT2D eigenvalue weighted by molar-refractivity contribution is 5.78. The summed E-state index contributed by atoms with van der Waals surface area (Å²) in [6.45, 7) is 7.01. The smallest absolute Gasteiger partial charge is 0.248 e. The third kappa shape index (κ3) is 3.31. The lowest BCUT2D eigenvalue weighted by molar-refractivity contribution is 0.143. The first kappa shape index (κ1) is 18.0. The summed E-state index contributed by atoms with van der Waals surface area (Å²) in [7, 11) is 0. The van der Waals surface area contributed by atoms with Crippen LogP contribution >= 0.6 is 0 Å². The molecule has 0 unspecified atom stereocenters. The van der Waals surface area contributed by atoms with Crippen molar-refractivity contribution in [2.45, 2.75) is 51.9 Å². The number of para-hydroxylation sites is 1. The minimum absolute atomic E-state index is 0.0365. The Bertz CT molecular complexity index is 1000. The van der Waals surface area contributed by atoms with Gasteiger partial charge in [0.25, 0.3) is 0 Å². The van der Waals surface area contributed by atoms with E-state index in [1.807, 2.05) is 18.2 Å². The molecule has 1 aromatic carbocycles. The normalized spacial score (nSPS) is 23.4. The molecular formula is C24H28N2O. The average Bonchev–Trinajstić information content (AvgIpc) is 2.67. The number of aromatic nitrogens is 2. The molecule has 0 radical (unpaired) electrons. The molecule has 2 heterocycles. The monoisotopic (exact) mass is 360 g/mol. The average molecular weight is 361 g/mol. The van der Waals surface area contributed by atoms with Crippen molar-refractivity contribution in [3.8, 4) is 0 Å². The Morgan fingerprint density at radius 3 is 2.41 bits per heavy atom. The van der Waals surface area contributed by atoms with E-state index in [2.05, 4.69) is 56.1 Å². The molecule has 4 rings (SSSR count). The number of hydrogen-bond donors (Lipinski definition) is 1. The number of nitrogens with zero attached hydrogens (tertiary/aromatic N) is 1. The molecule has 2 aromatic heterocycles. The number of hydrogen-bond acceptors (Lipinski definition) is 2. The minimum atomic E-state index is -0.216. The first-order valence-corrected chi connectivity index (χ1v) is 9.95. The van der Waals surface area contributed by atoms with Crippen molar-refractivity contribution in [2.75, 3.05) is 0 Å². The van der Waals surface area contributed by atoms with Crippen LogP contribution in [0.1, 0.15) is 57.8 Å². The number of benzene rings is 1. The highest BCUT2D eigenvalue weighted by Crippen LogP contribution is 2.49. The van der Waals surface area contributed by atoms with Crippen LogP contribution in [0.25, 0.3) is 10.9 Å². The fourth-order valence-electron chi connectivity index (χ4n) is 4.70. The van der Waals surface area contributed by atoms with E-state index in [-0.39, 0.29) is 11.0 Å². The molecule has 3 aromatic rings. The summed E-state index contributed by atoms with van der Waals surface area (Å²) < 4.78 is 0. The summed E-state index contributed by atoms with van der Waals surface area (Å²) in [5.74, 6) is 0.696. The first-order chi connectivity index (χ1) is 12.9. The lowest BCUT2D eigenvalue weighted by Crippen LogP contribution is -2.38. The lowest BCUT2D eigenvalue weighted by atomic mass is 9.61. The van der Waals surface area contributed by atoms with E-state index in [0.29, 0.717) is 11.3 Å². The van der Waals surface area contributed by atoms with Crippen LogP contribution in [0.5, 0.6) is 0 Å². The van der Waals surface area contributed by atoms with Crippen molar-refractivity contribution in [3.63, 3.8) is 0 Å². The van der Waals surface area contributed by atoms with Gasteiger partial charge in [0.2, 0.25) is 5.56 Å². The van der Waals surface area contributed by atoms with Crippen molar-refractivity contribution in [2.24, 2.45) is 11.3 Å². The van der Waals surface area contributed by atoms with Crippen LogP contribution in [0.2, 0.25) is 0 Å². The quantitative estimate of drug-likeness (QED) is 0.661. The van der Waals surface area contributed by atoms with E-state index < -0.39 is 0 Å². The third-order valence-electron chi connectivity index (χ3n) is 6.44. The number of aromatic amines is 1. The van der Waals surface area contributed by atoms with Crippen LogP contribution in [0.3, 0.4) is 0 Å². The van der Waals surface area contributed by atoms with Crippen molar-refractivity contribution in [1.82, 2.24) is 9.97 Å². The fraction of sp³-hybridized carbons (Fsp3) is 0.417.